The lowest BCUT2D eigenvalue weighted by atomic mass is 10.1. The summed E-state index contributed by atoms with van der Waals surface area (Å²) in [6, 6.07) is 5.19. The summed E-state index contributed by atoms with van der Waals surface area (Å²) in [7, 11) is 1.69. The SMILES string of the molecule is CN1C(=O)C(NC(=O)OC(C)(C)C)COc2cc(C3CC3)ccc21. The van der Waals surface area contributed by atoms with Crippen molar-refractivity contribution in [1.82, 2.24) is 5.32 Å². The first-order valence-corrected chi connectivity index (χ1v) is 8.28. The van der Waals surface area contributed by atoms with Crippen molar-refractivity contribution < 1.29 is 19.1 Å². The van der Waals surface area contributed by atoms with Crippen LogP contribution in [0.25, 0.3) is 0 Å². The third-order valence-electron chi connectivity index (χ3n) is 4.12. The Bertz CT molecular complexity index is 661. The van der Waals surface area contributed by atoms with E-state index in [4.69, 9.17) is 9.47 Å². The van der Waals surface area contributed by atoms with Gasteiger partial charge in [0.15, 0.2) is 0 Å². The fourth-order valence-electron chi connectivity index (χ4n) is 2.74. The van der Waals surface area contributed by atoms with Crippen molar-refractivity contribution in [3.05, 3.63) is 23.8 Å². The quantitative estimate of drug-likeness (QED) is 0.904. The first kappa shape index (κ1) is 16.6. The van der Waals surface area contributed by atoms with Gasteiger partial charge in [0.05, 0.1) is 5.69 Å². The summed E-state index contributed by atoms with van der Waals surface area (Å²) in [5, 5.41) is 2.60. The van der Waals surface area contributed by atoms with Crippen LogP contribution in [-0.4, -0.2) is 37.3 Å². The van der Waals surface area contributed by atoms with E-state index in [2.05, 4.69) is 5.32 Å². The summed E-state index contributed by atoms with van der Waals surface area (Å²) in [6.45, 7) is 5.42. The number of alkyl carbamates (subject to hydrolysis) is 1. The summed E-state index contributed by atoms with van der Waals surface area (Å²) in [5.74, 6) is 1.07. The van der Waals surface area contributed by atoms with E-state index < -0.39 is 17.7 Å². The van der Waals surface area contributed by atoms with Gasteiger partial charge in [0.2, 0.25) is 0 Å². The second kappa shape index (κ2) is 6.00. The minimum Gasteiger partial charge on any atom is -0.489 e. The van der Waals surface area contributed by atoms with E-state index in [1.807, 2.05) is 18.2 Å². The van der Waals surface area contributed by atoms with Crippen molar-refractivity contribution in [2.24, 2.45) is 0 Å². The second-order valence-corrected chi connectivity index (χ2v) is 7.41. The van der Waals surface area contributed by atoms with E-state index >= 15 is 0 Å². The molecule has 1 aromatic rings. The number of hydrogen-bond donors (Lipinski definition) is 1. The fourth-order valence-corrected chi connectivity index (χ4v) is 2.74. The molecule has 1 aliphatic carbocycles. The highest BCUT2D eigenvalue weighted by Crippen LogP contribution is 2.43. The molecule has 1 atom stereocenters. The molecule has 2 amide bonds. The monoisotopic (exact) mass is 332 g/mol. The van der Waals surface area contributed by atoms with Crippen LogP contribution in [0.2, 0.25) is 0 Å². The smallest absolute Gasteiger partial charge is 0.408 e. The predicted molar refractivity (Wildman–Crippen MR) is 90.5 cm³/mol. The Hall–Kier alpha value is -2.24. The van der Waals surface area contributed by atoms with Crippen molar-refractivity contribution >= 4 is 17.7 Å². The van der Waals surface area contributed by atoms with E-state index in [1.165, 1.54) is 23.3 Å². The average Bonchev–Trinajstić information content (AvgIpc) is 3.32. The minimum absolute atomic E-state index is 0.0868. The van der Waals surface area contributed by atoms with Gasteiger partial charge in [-0.2, -0.15) is 0 Å². The molecule has 1 N–H and O–H groups in total. The maximum Gasteiger partial charge on any atom is 0.408 e. The predicted octanol–water partition coefficient (Wildman–Crippen LogP) is 2.81. The molecular weight excluding hydrogens is 308 g/mol. The number of rotatable bonds is 2. The zero-order chi connectivity index (χ0) is 17.5. The lowest BCUT2D eigenvalue weighted by Crippen LogP contribution is -2.50. The molecule has 2 aliphatic rings. The van der Waals surface area contributed by atoms with Gasteiger partial charge in [-0.15, -0.1) is 0 Å². The first-order valence-electron chi connectivity index (χ1n) is 8.28. The van der Waals surface area contributed by atoms with Crippen LogP contribution in [0.5, 0.6) is 5.75 Å². The van der Waals surface area contributed by atoms with E-state index in [0.29, 0.717) is 11.7 Å². The third-order valence-corrected chi connectivity index (χ3v) is 4.12. The fraction of sp³-hybridized carbons (Fsp3) is 0.556. The molecule has 6 nitrogen and oxygen atoms in total. The Morgan fingerprint density at radius 3 is 2.67 bits per heavy atom. The number of amides is 2. The minimum atomic E-state index is -0.776. The molecule has 1 aliphatic heterocycles. The Kier molecular flexibility index (Phi) is 4.15. The number of nitrogens with zero attached hydrogens (tertiary/aromatic N) is 1. The van der Waals surface area contributed by atoms with Gasteiger partial charge in [-0.25, -0.2) is 4.79 Å². The maximum absolute atomic E-state index is 12.6. The molecule has 0 saturated heterocycles. The summed E-state index contributed by atoms with van der Waals surface area (Å²) in [6.07, 6.45) is 1.79. The van der Waals surface area contributed by atoms with Crippen LogP contribution in [0.15, 0.2) is 18.2 Å². The number of ether oxygens (including phenoxy) is 2. The van der Waals surface area contributed by atoms with Crippen molar-refractivity contribution in [2.75, 3.05) is 18.6 Å². The summed E-state index contributed by atoms with van der Waals surface area (Å²) in [4.78, 5) is 26.1. The van der Waals surface area contributed by atoms with Gasteiger partial charge < -0.3 is 19.7 Å². The van der Waals surface area contributed by atoms with E-state index in [0.717, 1.165) is 5.69 Å². The molecule has 24 heavy (non-hydrogen) atoms. The van der Waals surface area contributed by atoms with Gasteiger partial charge in [0, 0.05) is 7.05 Å². The number of nitrogens with one attached hydrogen (secondary N) is 1. The number of hydrogen-bond acceptors (Lipinski definition) is 4. The molecule has 3 rings (SSSR count). The number of carbonyl (C=O) groups excluding carboxylic acids is 2. The summed E-state index contributed by atoms with van der Waals surface area (Å²) >= 11 is 0. The number of anilines is 1. The highest BCUT2D eigenvalue weighted by Gasteiger charge is 2.33. The molecule has 1 aromatic carbocycles. The lowest BCUT2D eigenvalue weighted by molar-refractivity contribution is -0.120. The molecule has 0 spiro atoms. The lowest BCUT2D eigenvalue weighted by Gasteiger charge is -2.23. The maximum atomic E-state index is 12.6. The molecule has 6 heteroatoms. The zero-order valence-electron chi connectivity index (χ0n) is 14.6. The molecule has 0 bridgehead atoms. The van der Waals surface area contributed by atoms with Gasteiger partial charge in [0.1, 0.15) is 24.0 Å². The van der Waals surface area contributed by atoms with Gasteiger partial charge in [0.25, 0.3) is 5.91 Å². The normalized spacial score (nSPS) is 20.8. The molecule has 1 unspecified atom stereocenters. The second-order valence-electron chi connectivity index (χ2n) is 7.41. The van der Waals surface area contributed by atoms with Crippen molar-refractivity contribution in [2.45, 2.75) is 51.2 Å². The Labute approximate surface area is 142 Å². The standard InChI is InChI=1S/C18H24N2O4/c1-18(2,3)24-17(22)19-13-10-23-15-9-12(11-5-6-11)7-8-14(15)20(4)16(13)21/h7-9,11,13H,5-6,10H2,1-4H3,(H,19,22). The van der Waals surface area contributed by atoms with Crippen LogP contribution in [-0.2, 0) is 9.53 Å². The number of likely N-dealkylation sites (N-methyl/N-ethyl adjacent to an activating group) is 1. The molecule has 1 fully saturated rings. The number of fused-ring (bicyclic) bond motifs is 1. The van der Waals surface area contributed by atoms with Crippen LogP contribution in [0, 0.1) is 0 Å². The van der Waals surface area contributed by atoms with Crippen LogP contribution in [0.1, 0.15) is 45.1 Å². The van der Waals surface area contributed by atoms with E-state index in [9.17, 15) is 9.59 Å². The topological polar surface area (TPSA) is 67.9 Å². The molecule has 1 heterocycles. The first-order chi connectivity index (χ1) is 11.2. The molecule has 1 saturated carbocycles. The summed E-state index contributed by atoms with van der Waals surface area (Å²) in [5.41, 5.74) is 1.35. The Balaban J connectivity index is 1.75. The third kappa shape index (κ3) is 3.63. The highest BCUT2D eigenvalue weighted by molar-refractivity contribution is 6.00. The van der Waals surface area contributed by atoms with Gasteiger partial charge >= 0.3 is 6.09 Å². The van der Waals surface area contributed by atoms with Crippen LogP contribution in [0.3, 0.4) is 0 Å². The molecular formula is C18H24N2O4. The van der Waals surface area contributed by atoms with Crippen molar-refractivity contribution in [3.63, 3.8) is 0 Å². The van der Waals surface area contributed by atoms with E-state index in [-0.39, 0.29) is 12.5 Å². The van der Waals surface area contributed by atoms with Gasteiger partial charge in [-0.3, -0.25) is 4.79 Å². The van der Waals surface area contributed by atoms with Crippen LogP contribution >= 0.6 is 0 Å². The Morgan fingerprint density at radius 2 is 2.04 bits per heavy atom. The van der Waals surface area contributed by atoms with E-state index in [1.54, 1.807) is 27.8 Å². The van der Waals surface area contributed by atoms with Crippen molar-refractivity contribution in [3.8, 4) is 5.75 Å². The van der Waals surface area contributed by atoms with Crippen molar-refractivity contribution in [1.29, 1.82) is 0 Å². The molecule has 130 valence electrons. The highest BCUT2D eigenvalue weighted by atomic mass is 16.6. The van der Waals surface area contributed by atoms with Gasteiger partial charge in [-0.1, -0.05) is 6.07 Å². The average molecular weight is 332 g/mol. The number of carbonyl (C=O) groups is 2. The van der Waals surface area contributed by atoms with Gasteiger partial charge in [-0.05, 0) is 57.2 Å². The van der Waals surface area contributed by atoms with Crippen LogP contribution in [0.4, 0.5) is 10.5 Å². The number of benzene rings is 1. The Morgan fingerprint density at radius 1 is 1.33 bits per heavy atom. The molecule has 0 radical (unpaired) electrons. The molecule has 0 aromatic heterocycles. The largest absolute Gasteiger partial charge is 0.489 e. The summed E-state index contributed by atoms with van der Waals surface area (Å²) < 4.78 is 11.0. The van der Waals surface area contributed by atoms with Crippen LogP contribution < -0.4 is 15.0 Å². The zero-order valence-corrected chi connectivity index (χ0v) is 14.6.